The summed E-state index contributed by atoms with van der Waals surface area (Å²) in [5.74, 6) is -4.52. The van der Waals surface area contributed by atoms with E-state index in [1.54, 1.807) is 12.1 Å². The van der Waals surface area contributed by atoms with Crippen molar-refractivity contribution in [1.82, 2.24) is 9.88 Å². The zero-order valence-electron chi connectivity index (χ0n) is 21.0. The fourth-order valence-electron chi connectivity index (χ4n) is 5.22. The highest BCUT2D eigenvalue weighted by Crippen LogP contribution is 2.41. The zero-order valence-corrected chi connectivity index (χ0v) is 21.0. The molecule has 0 saturated carbocycles. The molecule has 204 valence electrons. The molecule has 0 aliphatic carbocycles. The summed E-state index contributed by atoms with van der Waals surface area (Å²) in [6, 6.07) is 6.24. The van der Waals surface area contributed by atoms with Gasteiger partial charge < -0.3 is 14.7 Å². The van der Waals surface area contributed by atoms with Crippen LogP contribution < -0.4 is 4.74 Å². The third-order valence-electron chi connectivity index (χ3n) is 7.51. The predicted molar refractivity (Wildman–Crippen MR) is 132 cm³/mol. The van der Waals surface area contributed by atoms with Crippen molar-refractivity contribution in [1.29, 1.82) is 0 Å². The summed E-state index contributed by atoms with van der Waals surface area (Å²) in [5, 5.41) is 10.3. The van der Waals surface area contributed by atoms with Gasteiger partial charge in [0.25, 0.3) is 0 Å². The second-order valence-corrected chi connectivity index (χ2v) is 9.80. The second kappa shape index (κ2) is 11.6. The average molecular weight is 537 g/mol. The zero-order chi connectivity index (χ0) is 27.4. The maximum absolute atomic E-state index is 15.4. The number of hydrogen-bond donors (Lipinski definition) is 1. The van der Waals surface area contributed by atoms with Gasteiger partial charge in [0.05, 0.1) is 24.2 Å². The maximum atomic E-state index is 15.4. The van der Waals surface area contributed by atoms with Gasteiger partial charge >= 0.3 is 5.97 Å². The van der Waals surface area contributed by atoms with Crippen LogP contribution in [-0.4, -0.2) is 47.7 Å². The van der Waals surface area contributed by atoms with Crippen molar-refractivity contribution in [2.75, 3.05) is 26.7 Å². The van der Waals surface area contributed by atoms with Crippen LogP contribution in [0, 0.1) is 28.7 Å². The van der Waals surface area contributed by atoms with E-state index in [2.05, 4.69) is 4.98 Å². The summed E-state index contributed by atoms with van der Waals surface area (Å²) in [7, 11) is 1.45. The van der Waals surface area contributed by atoms with Crippen molar-refractivity contribution < 1.29 is 36.6 Å². The molecule has 0 unspecified atom stereocenters. The molecular formula is C28H29F5N2O3. The lowest BCUT2D eigenvalue weighted by Gasteiger charge is -2.39. The number of likely N-dealkylation sites (tertiary alicyclic amines) is 1. The Kier molecular flexibility index (Phi) is 8.50. The van der Waals surface area contributed by atoms with Crippen LogP contribution in [-0.2, 0) is 11.2 Å². The Morgan fingerprint density at radius 2 is 1.87 bits per heavy atom. The Hall–Kier alpha value is -3.27. The number of aromatic nitrogens is 1. The van der Waals surface area contributed by atoms with Gasteiger partial charge in [0, 0.05) is 17.0 Å². The fourth-order valence-corrected chi connectivity index (χ4v) is 5.22. The van der Waals surface area contributed by atoms with Crippen LogP contribution >= 0.6 is 0 Å². The number of nitrogens with zero attached hydrogens (tertiary/aromatic N) is 2. The molecule has 0 radical (unpaired) electrons. The van der Waals surface area contributed by atoms with Gasteiger partial charge in [-0.15, -0.1) is 0 Å². The van der Waals surface area contributed by atoms with Crippen LogP contribution in [0.2, 0.25) is 0 Å². The molecule has 4 rings (SSSR count). The van der Waals surface area contributed by atoms with E-state index in [9.17, 15) is 27.5 Å². The van der Waals surface area contributed by atoms with E-state index < -0.39 is 40.8 Å². The van der Waals surface area contributed by atoms with Gasteiger partial charge in [0.15, 0.2) is 11.6 Å². The van der Waals surface area contributed by atoms with Gasteiger partial charge in [-0.3, -0.25) is 9.78 Å². The number of aryl methyl sites for hydroxylation is 1. The highest BCUT2D eigenvalue weighted by Gasteiger charge is 2.41. The molecule has 1 aromatic heterocycles. The Labute approximate surface area is 217 Å². The number of fused-ring (bicyclic) bond motifs is 1. The minimum Gasteiger partial charge on any atom is -0.497 e. The van der Waals surface area contributed by atoms with Crippen molar-refractivity contribution in [2.45, 2.75) is 44.7 Å². The molecule has 1 fully saturated rings. The number of halogens is 5. The number of methoxy groups -OCH3 is 1. The number of rotatable bonds is 10. The van der Waals surface area contributed by atoms with Gasteiger partial charge in [-0.25, -0.2) is 22.0 Å². The van der Waals surface area contributed by atoms with Crippen molar-refractivity contribution >= 4 is 16.9 Å². The van der Waals surface area contributed by atoms with Crippen LogP contribution in [0.5, 0.6) is 5.75 Å². The van der Waals surface area contributed by atoms with Crippen LogP contribution in [0.3, 0.4) is 0 Å². The summed E-state index contributed by atoms with van der Waals surface area (Å²) in [6.07, 6.45) is 0.194. The van der Waals surface area contributed by atoms with Gasteiger partial charge in [-0.1, -0.05) is 0 Å². The van der Waals surface area contributed by atoms with E-state index in [4.69, 9.17) is 4.74 Å². The Balaban J connectivity index is 1.37. The second-order valence-electron chi connectivity index (χ2n) is 9.80. The number of ether oxygens (including phenoxy) is 1. The standard InChI is InChI=1S/C28H29F5N2O3/c1-38-19-4-5-24-20(15-19)25(23(32)16-34-24)21(30)6-7-28(27(36)37)8-11-35(12-9-28)10-2-3-17-13-18(29)14-22(31)26(17)33/h4-5,13-16,21H,2-3,6-12H2,1H3,(H,36,37)/t21-/m1/s1. The summed E-state index contributed by atoms with van der Waals surface area (Å²) >= 11 is 0. The quantitative estimate of drug-likeness (QED) is 0.240. The molecule has 0 spiro atoms. The summed E-state index contributed by atoms with van der Waals surface area (Å²) in [6.45, 7) is 1.34. The molecule has 1 N–H and O–H groups in total. The largest absolute Gasteiger partial charge is 0.497 e. The molecule has 1 aliphatic rings. The third kappa shape index (κ3) is 5.90. The number of benzene rings is 2. The normalized spacial score (nSPS) is 16.5. The molecule has 2 heterocycles. The predicted octanol–water partition coefficient (Wildman–Crippen LogP) is 6.39. The lowest BCUT2D eigenvalue weighted by molar-refractivity contribution is -0.153. The van der Waals surface area contributed by atoms with E-state index in [0.29, 0.717) is 43.4 Å². The Morgan fingerprint density at radius 3 is 2.55 bits per heavy atom. The number of aliphatic carboxylic acids is 1. The van der Waals surface area contributed by atoms with Gasteiger partial charge in [-0.2, -0.15) is 0 Å². The number of carboxylic acid groups (broad SMARTS) is 1. The van der Waals surface area contributed by atoms with E-state index >= 15 is 4.39 Å². The van der Waals surface area contributed by atoms with Crippen LogP contribution in [0.25, 0.3) is 10.9 Å². The minimum atomic E-state index is -1.73. The van der Waals surface area contributed by atoms with E-state index in [0.717, 1.165) is 12.3 Å². The molecule has 0 bridgehead atoms. The molecule has 0 amide bonds. The lowest BCUT2D eigenvalue weighted by atomic mass is 9.74. The van der Waals surface area contributed by atoms with Crippen LogP contribution in [0.4, 0.5) is 22.0 Å². The molecule has 2 aromatic carbocycles. The molecule has 38 heavy (non-hydrogen) atoms. The summed E-state index contributed by atoms with van der Waals surface area (Å²) in [4.78, 5) is 18.2. The van der Waals surface area contributed by atoms with Crippen LogP contribution in [0.1, 0.15) is 49.4 Å². The number of pyridine rings is 1. The van der Waals surface area contributed by atoms with E-state index in [-0.39, 0.29) is 48.6 Å². The van der Waals surface area contributed by atoms with Crippen molar-refractivity contribution in [3.05, 3.63) is 70.9 Å². The van der Waals surface area contributed by atoms with Crippen molar-refractivity contribution in [3.63, 3.8) is 0 Å². The molecule has 5 nitrogen and oxygen atoms in total. The number of carboxylic acids is 1. The summed E-state index contributed by atoms with van der Waals surface area (Å²) in [5.41, 5.74) is -0.947. The molecule has 3 aromatic rings. The molecule has 10 heteroatoms. The number of hydrogen-bond acceptors (Lipinski definition) is 4. The lowest BCUT2D eigenvalue weighted by Crippen LogP contribution is -2.44. The Bertz CT molecular complexity index is 1310. The van der Waals surface area contributed by atoms with E-state index in [1.807, 2.05) is 4.90 Å². The SMILES string of the molecule is COc1ccc2ncc(F)c([C@H](F)CCC3(C(=O)O)CCN(CCCc4cc(F)cc(F)c4F)CC3)c2c1. The monoisotopic (exact) mass is 536 g/mol. The molecule has 1 aliphatic heterocycles. The van der Waals surface area contributed by atoms with E-state index in [1.165, 1.54) is 13.2 Å². The summed E-state index contributed by atoms with van der Waals surface area (Å²) < 4.78 is 76.0. The highest BCUT2D eigenvalue weighted by molar-refractivity contribution is 5.84. The first-order chi connectivity index (χ1) is 18.1. The first-order valence-electron chi connectivity index (χ1n) is 12.5. The average Bonchev–Trinajstić information content (AvgIpc) is 2.90. The minimum absolute atomic E-state index is 0.0261. The molecular weight excluding hydrogens is 507 g/mol. The highest BCUT2D eigenvalue weighted by atomic mass is 19.2. The number of piperidine rings is 1. The molecule has 1 saturated heterocycles. The van der Waals surface area contributed by atoms with Gasteiger partial charge in [-0.05, 0) is 88.0 Å². The smallest absolute Gasteiger partial charge is 0.309 e. The van der Waals surface area contributed by atoms with Gasteiger partial charge in [0.2, 0.25) is 0 Å². The Morgan fingerprint density at radius 1 is 1.13 bits per heavy atom. The van der Waals surface area contributed by atoms with Gasteiger partial charge in [0.1, 0.15) is 23.6 Å². The fraction of sp³-hybridized carbons (Fsp3) is 0.429. The first-order valence-corrected chi connectivity index (χ1v) is 12.5. The third-order valence-corrected chi connectivity index (χ3v) is 7.51. The topological polar surface area (TPSA) is 62.7 Å². The van der Waals surface area contributed by atoms with Crippen molar-refractivity contribution in [2.24, 2.45) is 5.41 Å². The maximum Gasteiger partial charge on any atom is 0.309 e. The van der Waals surface area contributed by atoms with Crippen molar-refractivity contribution in [3.8, 4) is 5.75 Å². The molecule has 1 atom stereocenters. The number of alkyl halides is 1. The number of carbonyl (C=O) groups is 1. The van der Waals surface area contributed by atoms with Crippen LogP contribution in [0.15, 0.2) is 36.5 Å². The first kappa shape index (κ1) is 27.8.